The van der Waals surface area contributed by atoms with Crippen molar-refractivity contribution in [2.24, 2.45) is 5.92 Å². The van der Waals surface area contributed by atoms with E-state index in [0.29, 0.717) is 18.9 Å². The number of aromatic amines is 1. The summed E-state index contributed by atoms with van der Waals surface area (Å²) in [5.41, 5.74) is 2.49. The molecule has 0 radical (unpaired) electrons. The Hall–Kier alpha value is -2.30. The number of aliphatic hydroxyl groups excluding tert-OH is 1. The lowest BCUT2D eigenvalue weighted by Crippen LogP contribution is -2.52. The minimum absolute atomic E-state index is 0.00144. The van der Waals surface area contributed by atoms with Gasteiger partial charge in [-0.1, -0.05) is 30.3 Å². The van der Waals surface area contributed by atoms with Crippen molar-refractivity contribution in [1.29, 1.82) is 0 Å². The number of aliphatic hydroxyl groups is 1. The Labute approximate surface area is 195 Å². The number of benzene rings is 1. The SMILES string of the molecule is CN(C)C[C@@H](NC(O)N1Cc2c(NC(=O)[C@@H]3CCCNC3)n[nH]c2C1(C)C)c1ccccc1. The predicted octanol–water partition coefficient (Wildman–Crippen LogP) is 1.57. The van der Waals surface area contributed by atoms with Crippen LogP contribution >= 0.6 is 0 Å². The highest BCUT2D eigenvalue weighted by atomic mass is 16.3. The molecule has 33 heavy (non-hydrogen) atoms. The Morgan fingerprint density at radius 3 is 2.76 bits per heavy atom. The van der Waals surface area contributed by atoms with Crippen LogP contribution in [-0.2, 0) is 16.9 Å². The number of carbonyl (C=O) groups excluding carboxylic acids is 1. The van der Waals surface area contributed by atoms with Gasteiger partial charge in [0.2, 0.25) is 5.91 Å². The minimum atomic E-state index is -0.878. The van der Waals surface area contributed by atoms with E-state index in [-0.39, 0.29) is 17.9 Å². The van der Waals surface area contributed by atoms with Crippen molar-refractivity contribution in [2.75, 3.05) is 39.0 Å². The van der Waals surface area contributed by atoms with Crippen LogP contribution in [0.2, 0.25) is 0 Å². The molecule has 5 N–H and O–H groups in total. The van der Waals surface area contributed by atoms with E-state index in [1.165, 1.54) is 0 Å². The molecule has 0 bridgehead atoms. The first-order chi connectivity index (χ1) is 15.8. The number of amides is 1. The van der Waals surface area contributed by atoms with E-state index >= 15 is 0 Å². The van der Waals surface area contributed by atoms with Gasteiger partial charge in [-0.05, 0) is 52.9 Å². The van der Waals surface area contributed by atoms with Gasteiger partial charge in [0.1, 0.15) is 0 Å². The van der Waals surface area contributed by atoms with Gasteiger partial charge in [0.25, 0.3) is 0 Å². The molecule has 1 saturated heterocycles. The van der Waals surface area contributed by atoms with E-state index in [0.717, 1.165) is 42.8 Å². The molecule has 1 fully saturated rings. The van der Waals surface area contributed by atoms with Crippen molar-refractivity contribution in [2.45, 2.75) is 51.2 Å². The van der Waals surface area contributed by atoms with Crippen LogP contribution in [0.15, 0.2) is 30.3 Å². The molecule has 0 aliphatic carbocycles. The van der Waals surface area contributed by atoms with Crippen molar-refractivity contribution < 1.29 is 9.90 Å². The standard InChI is InChI=1S/C24H37N7O2/c1-24(2)20-18(21(29-28-20)27-22(32)17-11-8-12-25-13-17)14-31(24)23(33)26-19(15-30(3)4)16-9-6-5-7-10-16/h5-7,9-10,17,19,23,25-26,33H,8,11-15H2,1-4H3,(H2,27,28,29,32)/t17-,19-,23?/m1/s1. The summed E-state index contributed by atoms with van der Waals surface area (Å²) in [6.45, 7) is 7.01. The second-order valence-electron chi connectivity index (χ2n) is 9.91. The topological polar surface area (TPSA) is 109 Å². The van der Waals surface area contributed by atoms with E-state index in [9.17, 15) is 9.90 Å². The lowest BCUT2D eigenvalue weighted by atomic mass is 9.98. The molecule has 180 valence electrons. The average Bonchev–Trinajstić information content (AvgIpc) is 3.32. The fraction of sp³-hybridized carbons (Fsp3) is 0.583. The molecule has 9 nitrogen and oxygen atoms in total. The lowest BCUT2D eigenvalue weighted by molar-refractivity contribution is -0.120. The highest BCUT2D eigenvalue weighted by Gasteiger charge is 2.44. The summed E-state index contributed by atoms with van der Waals surface area (Å²) in [4.78, 5) is 16.9. The zero-order valence-corrected chi connectivity index (χ0v) is 20.1. The third-order valence-corrected chi connectivity index (χ3v) is 6.83. The summed E-state index contributed by atoms with van der Waals surface area (Å²) in [5.74, 6) is 0.527. The predicted molar refractivity (Wildman–Crippen MR) is 128 cm³/mol. The molecule has 4 rings (SSSR count). The van der Waals surface area contributed by atoms with E-state index < -0.39 is 11.9 Å². The normalized spacial score (nSPS) is 22.2. The number of hydrogen-bond acceptors (Lipinski definition) is 7. The van der Waals surface area contributed by atoms with Crippen LogP contribution in [0.25, 0.3) is 0 Å². The maximum atomic E-state index is 12.8. The summed E-state index contributed by atoms with van der Waals surface area (Å²) >= 11 is 0. The van der Waals surface area contributed by atoms with Gasteiger partial charge in [0.15, 0.2) is 12.2 Å². The van der Waals surface area contributed by atoms with Gasteiger partial charge in [0.05, 0.1) is 17.2 Å². The molecule has 1 amide bonds. The highest BCUT2D eigenvalue weighted by Crippen LogP contribution is 2.41. The van der Waals surface area contributed by atoms with E-state index in [4.69, 9.17) is 0 Å². The van der Waals surface area contributed by atoms with E-state index in [1.54, 1.807) is 0 Å². The first-order valence-corrected chi connectivity index (χ1v) is 11.8. The molecule has 3 atom stereocenters. The van der Waals surface area contributed by atoms with Gasteiger partial charge >= 0.3 is 0 Å². The second kappa shape index (κ2) is 9.90. The number of H-pyrrole nitrogens is 1. The molecule has 9 heteroatoms. The van der Waals surface area contributed by atoms with Gasteiger partial charge in [-0.15, -0.1) is 0 Å². The van der Waals surface area contributed by atoms with Crippen LogP contribution in [-0.4, -0.2) is 71.1 Å². The summed E-state index contributed by atoms with van der Waals surface area (Å²) < 4.78 is 0. The molecule has 2 aromatic rings. The smallest absolute Gasteiger partial charge is 0.229 e. The summed E-state index contributed by atoms with van der Waals surface area (Å²) in [5, 5.41) is 28.5. The largest absolute Gasteiger partial charge is 0.365 e. The number of anilines is 1. The van der Waals surface area contributed by atoms with Crippen LogP contribution in [0.1, 0.15) is 49.6 Å². The molecule has 1 aromatic heterocycles. The van der Waals surface area contributed by atoms with Gasteiger partial charge in [0, 0.05) is 31.2 Å². The molecular formula is C24H37N7O2. The summed E-state index contributed by atoms with van der Waals surface area (Å²) in [6, 6.07) is 10.1. The van der Waals surface area contributed by atoms with Crippen LogP contribution < -0.4 is 16.0 Å². The number of aromatic nitrogens is 2. The molecular weight excluding hydrogens is 418 g/mol. The minimum Gasteiger partial charge on any atom is -0.365 e. The first-order valence-electron chi connectivity index (χ1n) is 11.8. The highest BCUT2D eigenvalue weighted by molar-refractivity contribution is 5.92. The molecule has 0 spiro atoms. The van der Waals surface area contributed by atoms with Crippen molar-refractivity contribution in [1.82, 2.24) is 30.6 Å². The van der Waals surface area contributed by atoms with Gasteiger partial charge in [-0.25, -0.2) is 0 Å². The van der Waals surface area contributed by atoms with Crippen molar-refractivity contribution in [3.05, 3.63) is 47.2 Å². The van der Waals surface area contributed by atoms with Gasteiger partial charge in [-0.2, -0.15) is 5.10 Å². The fourth-order valence-electron chi connectivity index (χ4n) is 4.90. The number of rotatable bonds is 8. The lowest BCUT2D eigenvalue weighted by Gasteiger charge is -2.38. The number of nitrogens with one attached hydrogen (secondary N) is 4. The maximum Gasteiger partial charge on any atom is 0.229 e. The Morgan fingerprint density at radius 1 is 1.33 bits per heavy atom. The Kier molecular flexibility index (Phi) is 7.16. The van der Waals surface area contributed by atoms with E-state index in [2.05, 4.69) is 57.0 Å². The molecule has 0 saturated carbocycles. The number of hydrogen-bond donors (Lipinski definition) is 5. The molecule has 1 unspecified atom stereocenters. The number of fused-ring (bicyclic) bond motifs is 1. The number of carbonyl (C=O) groups is 1. The maximum absolute atomic E-state index is 12.8. The molecule has 1 aromatic carbocycles. The molecule has 2 aliphatic rings. The Morgan fingerprint density at radius 2 is 2.09 bits per heavy atom. The van der Waals surface area contributed by atoms with Crippen molar-refractivity contribution in [3.63, 3.8) is 0 Å². The first kappa shape index (κ1) is 23.8. The van der Waals surface area contributed by atoms with Crippen LogP contribution in [0, 0.1) is 5.92 Å². The fourth-order valence-corrected chi connectivity index (χ4v) is 4.90. The van der Waals surface area contributed by atoms with Gasteiger partial charge < -0.3 is 20.6 Å². The van der Waals surface area contributed by atoms with Crippen LogP contribution in [0.4, 0.5) is 5.82 Å². The average molecular weight is 456 g/mol. The number of piperidine rings is 1. The quantitative estimate of drug-likeness (QED) is 0.385. The Bertz CT molecular complexity index is 938. The van der Waals surface area contributed by atoms with Crippen molar-refractivity contribution >= 4 is 11.7 Å². The third-order valence-electron chi connectivity index (χ3n) is 6.83. The number of likely N-dealkylation sites (N-methyl/N-ethyl adjacent to an activating group) is 1. The zero-order valence-electron chi connectivity index (χ0n) is 20.1. The second-order valence-corrected chi connectivity index (χ2v) is 9.91. The summed E-state index contributed by atoms with van der Waals surface area (Å²) in [7, 11) is 4.05. The van der Waals surface area contributed by atoms with E-state index in [1.807, 2.05) is 37.2 Å². The number of nitrogens with zero attached hydrogens (tertiary/aromatic N) is 3. The van der Waals surface area contributed by atoms with Crippen LogP contribution in [0.5, 0.6) is 0 Å². The molecule has 3 heterocycles. The zero-order chi connectivity index (χ0) is 23.6. The summed E-state index contributed by atoms with van der Waals surface area (Å²) in [6.07, 6.45) is 1.01. The van der Waals surface area contributed by atoms with Crippen molar-refractivity contribution in [3.8, 4) is 0 Å². The molecule has 2 aliphatic heterocycles. The van der Waals surface area contributed by atoms with Crippen LogP contribution in [0.3, 0.4) is 0 Å². The van der Waals surface area contributed by atoms with Gasteiger partial charge in [-0.3, -0.25) is 20.1 Å². The monoisotopic (exact) mass is 455 g/mol. The Balaban J connectivity index is 1.48. The third kappa shape index (κ3) is 5.12.